The van der Waals surface area contributed by atoms with Crippen LogP contribution >= 0.6 is 61.7 Å². The van der Waals surface area contributed by atoms with Crippen molar-refractivity contribution in [3.8, 4) is 0 Å². The van der Waals surface area contributed by atoms with Gasteiger partial charge in [0.2, 0.25) is 0 Å². The standard InChI is InChI=1S/C16H15BrCl2IN/c1-2-7-21-16(10-3-5-13(18)14(19)8-10)12-9-11(17)4-6-15(12)20/h3-6,8-9,16,21H,2,7H2,1H3. The number of nitrogens with one attached hydrogen (secondary N) is 1. The SMILES string of the molecule is CCCNC(c1ccc(Cl)c(Cl)c1)c1cc(Br)ccc1I. The first-order valence-corrected chi connectivity index (χ1v) is 9.29. The molecule has 112 valence electrons. The predicted molar refractivity (Wildman–Crippen MR) is 103 cm³/mol. The molecule has 2 aromatic rings. The molecule has 1 nitrogen and oxygen atoms in total. The first-order valence-electron chi connectivity index (χ1n) is 6.66. The summed E-state index contributed by atoms with van der Waals surface area (Å²) in [4.78, 5) is 0. The van der Waals surface area contributed by atoms with Crippen molar-refractivity contribution in [1.29, 1.82) is 0 Å². The highest BCUT2D eigenvalue weighted by Gasteiger charge is 2.17. The minimum atomic E-state index is 0.101. The monoisotopic (exact) mass is 497 g/mol. The Morgan fingerprint density at radius 3 is 2.57 bits per heavy atom. The topological polar surface area (TPSA) is 12.0 Å². The van der Waals surface area contributed by atoms with Crippen LogP contribution in [0.1, 0.15) is 30.5 Å². The van der Waals surface area contributed by atoms with Crippen molar-refractivity contribution in [2.45, 2.75) is 19.4 Å². The molecule has 1 atom stereocenters. The molecule has 0 aromatic heterocycles. The second kappa shape index (κ2) is 8.16. The van der Waals surface area contributed by atoms with Gasteiger partial charge in [-0.15, -0.1) is 0 Å². The summed E-state index contributed by atoms with van der Waals surface area (Å²) in [6, 6.07) is 12.2. The van der Waals surface area contributed by atoms with Crippen molar-refractivity contribution >= 4 is 61.7 Å². The van der Waals surface area contributed by atoms with Crippen LogP contribution in [0, 0.1) is 3.57 Å². The molecule has 0 saturated carbocycles. The maximum Gasteiger partial charge on any atom is 0.0595 e. The molecule has 0 fully saturated rings. The van der Waals surface area contributed by atoms with Crippen LogP contribution in [0.2, 0.25) is 10.0 Å². The average molecular weight is 499 g/mol. The molecule has 0 radical (unpaired) electrons. The Kier molecular flexibility index (Phi) is 6.81. The van der Waals surface area contributed by atoms with Gasteiger partial charge < -0.3 is 5.32 Å². The maximum atomic E-state index is 6.18. The molecule has 5 heteroatoms. The van der Waals surface area contributed by atoms with E-state index in [1.807, 2.05) is 18.2 Å². The van der Waals surface area contributed by atoms with Gasteiger partial charge in [0.1, 0.15) is 0 Å². The van der Waals surface area contributed by atoms with E-state index < -0.39 is 0 Å². The lowest BCUT2D eigenvalue weighted by molar-refractivity contribution is 0.596. The van der Waals surface area contributed by atoms with Gasteiger partial charge >= 0.3 is 0 Å². The van der Waals surface area contributed by atoms with Gasteiger partial charge in [-0.3, -0.25) is 0 Å². The third-order valence-corrected chi connectivity index (χ3v) is 5.36. The molecule has 1 unspecified atom stereocenters. The number of halogens is 4. The van der Waals surface area contributed by atoms with E-state index >= 15 is 0 Å². The molecule has 21 heavy (non-hydrogen) atoms. The van der Waals surface area contributed by atoms with Crippen molar-refractivity contribution < 1.29 is 0 Å². The summed E-state index contributed by atoms with van der Waals surface area (Å²) in [7, 11) is 0. The van der Waals surface area contributed by atoms with Crippen LogP contribution in [-0.2, 0) is 0 Å². The van der Waals surface area contributed by atoms with Crippen LogP contribution in [0.15, 0.2) is 40.9 Å². The Balaban J connectivity index is 2.46. The van der Waals surface area contributed by atoms with E-state index in [4.69, 9.17) is 23.2 Å². The average Bonchev–Trinajstić information content (AvgIpc) is 2.46. The van der Waals surface area contributed by atoms with Gasteiger partial charge in [-0.2, -0.15) is 0 Å². The number of benzene rings is 2. The normalized spacial score (nSPS) is 12.4. The van der Waals surface area contributed by atoms with Crippen LogP contribution in [0.25, 0.3) is 0 Å². The molecule has 0 aliphatic rings. The van der Waals surface area contributed by atoms with E-state index in [-0.39, 0.29) is 6.04 Å². The molecule has 0 aliphatic carbocycles. The zero-order valence-corrected chi connectivity index (χ0v) is 16.7. The summed E-state index contributed by atoms with van der Waals surface area (Å²) < 4.78 is 2.29. The highest BCUT2D eigenvalue weighted by Crippen LogP contribution is 2.32. The summed E-state index contributed by atoms with van der Waals surface area (Å²) in [5, 5.41) is 4.76. The van der Waals surface area contributed by atoms with Gasteiger partial charge in [-0.1, -0.05) is 52.1 Å². The van der Waals surface area contributed by atoms with Crippen LogP contribution < -0.4 is 5.32 Å². The van der Waals surface area contributed by atoms with E-state index in [2.05, 4.69) is 69.0 Å². The Morgan fingerprint density at radius 2 is 1.90 bits per heavy atom. The maximum absolute atomic E-state index is 6.18. The molecule has 0 amide bonds. The van der Waals surface area contributed by atoms with Crippen molar-refractivity contribution in [2.75, 3.05) is 6.54 Å². The van der Waals surface area contributed by atoms with Gasteiger partial charge in [0.25, 0.3) is 0 Å². The fourth-order valence-corrected chi connectivity index (χ4v) is 3.46. The molecule has 0 heterocycles. The third-order valence-electron chi connectivity index (χ3n) is 3.14. The predicted octanol–water partition coefficient (Wildman–Crippen LogP) is 6.45. The van der Waals surface area contributed by atoms with E-state index in [0.717, 1.165) is 23.0 Å². The van der Waals surface area contributed by atoms with E-state index in [0.29, 0.717) is 10.0 Å². The summed E-state index contributed by atoms with van der Waals surface area (Å²) in [5.74, 6) is 0. The van der Waals surface area contributed by atoms with Gasteiger partial charge in [-0.05, 0) is 77.0 Å². The van der Waals surface area contributed by atoms with Gasteiger partial charge in [0.05, 0.1) is 16.1 Å². The largest absolute Gasteiger partial charge is 0.306 e. The summed E-state index contributed by atoms with van der Waals surface area (Å²) in [6.45, 7) is 3.10. The van der Waals surface area contributed by atoms with Crippen LogP contribution in [0.3, 0.4) is 0 Å². The summed E-state index contributed by atoms with van der Waals surface area (Å²) in [5.41, 5.74) is 2.35. The molecule has 0 aliphatic heterocycles. The first kappa shape index (κ1) is 17.5. The lowest BCUT2D eigenvalue weighted by Gasteiger charge is -2.21. The number of rotatable bonds is 5. The molecular formula is C16H15BrCl2IN. The zero-order valence-electron chi connectivity index (χ0n) is 11.5. The highest BCUT2D eigenvalue weighted by atomic mass is 127. The second-order valence-electron chi connectivity index (χ2n) is 4.73. The van der Waals surface area contributed by atoms with Crippen LogP contribution in [-0.4, -0.2) is 6.54 Å². The van der Waals surface area contributed by atoms with E-state index in [1.165, 1.54) is 9.13 Å². The van der Waals surface area contributed by atoms with Gasteiger partial charge in [0.15, 0.2) is 0 Å². The van der Waals surface area contributed by atoms with Crippen LogP contribution in [0.5, 0.6) is 0 Å². The fraction of sp³-hybridized carbons (Fsp3) is 0.250. The third kappa shape index (κ3) is 4.58. The molecule has 2 aromatic carbocycles. The van der Waals surface area contributed by atoms with Crippen LogP contribution in [0.4, 0.5) is 0 Å². The van der Waals surface area contributed by atoms with Crippen molar-refractivity contribution in [3.05, 3.63) is 65.6 Å². The number of hydrogen-bond acceptors (Lipinski definition) is 1. The fourth-order valence-electron chi connectivity index (χ4n) is 2.12. The van der Waals surface area contributed by atoms with Crippen molar-refractivity contribution in [1.82, 2.24) is 5.32 Å². The molecule has 0 saturated heterocycles. The Hall–Kier alpha value is 0.190. The van der Waals surface area contributed by atoms with Crippen molar-refractivity contribution in [2.24, 2.45) is 0 Å². The van der Waals surface area contributed by atoms with Crippen molar-refractivity contribution in [3.63, 3.8) is 0 Å². The minimum Gasteiger partial charge on any atom is -0.306 e. The van der Waals surface area contributed by atoms with Gasteiger partial charge in [-0.25, -0.2) is 0 Å². The number of hydrogen-bond donors (Lipinski definition) is 1. The Morgan fingerprint density at radius 1 is 1.14 bits per heavy atom. The molecule has 2 rings (SSSR count). The summed E-state index contributed by atoms with van der Waals surface area (Å²) in [6.07, 6.45) is 1.07. The van der Waals surface area contributed by atoms with Gasteiger partial charge in [0, 0.05) is 8.04 Å². The first-order chi connectivity index (χ1) is 10.0. The Labute approximate surface area is 157 Å². The molecule has 1 N–H and O–H groups in total. The highest BCUT2D eigenvalue weighted by molar-refractivity contribution is 14.1. The van der Waals surface area contributed by atoms with E-state index in [1.54, 1.807) is 0 Å². The Bertz CT molecular complexity index is 634. The smallest absolute Gasteiger partial charge is 0.0595 e. The zero-order chi connectivity index (χ0) is 15.4. The minimum absolute atomic E-state index is 0.101. The molecule has 0 spiro atoms. The lowest BCUT2D eigenvalue weighted by Crippen LogP contribution is -2.24. The second-order valence-corrected chi connectivity index (χ2v) is 7.62. The molecule has 0 bridgehead atoms. The quantitative estimate of drug-likeness (QED) is 0.467. The lowest BCUT2D eigenvalue weighted by atomic mass is 9.98. The molecular weight excluding hydrogens is 484 g/mol. The van der Waals surface area contributed by atoms with E-state index in [9.17, 15) is 0 Å². The summed E-state index contributed by atoms with van der Waals surface area (Å²) >= 11 is 18.1.